The Morgan fingerprint density at radius 1 is 1.00 bits per heavy atom. The lowest BCUT2D eigenvalue weighted by Crippen LogP contribution is -2.09. The summed E-state index contributed by atoms with van der Waals surface area (Å²) >= 11 is 0. The first-order valence-electron chi connectivity index (χ1n) is 7.08. The standard InChI is InChI=1S/C17H14F3N3/c1-11-16(12-6-8-21-9-7-12)17(22-23(11)10-15(19)20)13-2-4-14(18)5-3-13/h2-9,15H,10H2,1H3. The Morgan fingerprint density at radius 2 is 1.65 bits per heavy atom. The van der Waals surface area contributed by atoms with Crippen molar-refractivity contribution in [3.8, 4) is 22.4 Å². The Morgan fingerprint density at radius 3 is 2.26 bits per heavy atom. The van der Waals surface area contributed by atoms with E-state index in [0.29, 0.717) is 17.0 Å². The summed E-state index contributed by atoms with van der Waals surface area (Å²) in [6, 6.07) is 9.43. The van der Waals surface area contributed by atoms with Crippen molar-refractivity contribution in [1.29, 1.82) is 0 Å². The van der Waals surface area contributed by atoms with Crippen LogP contribution in [-0.2, 0) is 6.54 Å². The second-order valence-corrected chi connectivity index (χ2v) is 5.12. The van der Waals surface area contributed by atoms with Crippen LogP contribution >= 0.6 is 0 Å². The van der Waals surface area contributed by atoms with Gasteiger partial charge in [0.25, 0.3) is 6.43 Å². The highest BCUT2D eigenvalue weighted by molar-refractivity contribution is 5.82. The molecule has 2 aromatic heterocycles. The first-order chi connectivity index (χ1) is 11.1. The van der Waals surface area contributed by atoms with Crippen LogP contribution in [0.25, 0.3) is 22.4 Å². The Kier molecular flexibility index (Phi) is 4.14. The average Bonchev–Trinajstić information content (AvgIpc) is 2.85. The van der Waals surface area contributed by atoms with Crippen LogP contribution in [0, 0.1) is 12.7 Å². The van der Waals surface area contributed by atoms with Gasteiger partial charge in [0.1, 0.15) is 18.1 Å². The molecule has 0 aliphatic rings. The number of nitrogens with zero attached hydrogens (tertiary/aromatic N) is 3. The highest BCUT2D eigenvalue weighted by atomic mass is 19.3. The van der Waals surface area contributed by atoms with Gasteiger partial charge >= 0.3 is 0 Å². The summed E-state index contributed by atoms with van der Waals surface area (Å²) in [5, 5.41) is 4.32. The molecule has 0 atom stereocenters. The van der Waals surface area contributed by atoms with E-state index in [1.54, 1.807) is 43.6 Å². The maximum Gasteiger partial charge on any atom is 0.257 e. The zero-order chi connectivity index (χ0) is 16.4. The van der Waals surface area contributed by atoms with Crippen LogP contribution in [0.4, 0.5) is 13.2 Å². The lowest BCUT2D eigenvalue weighted by Gasteiger charge is -2.05. The SMILES string of the molecule is Cc1c(-c2ccncc2)c(-c2ccc(F)cc2)nn1CC(F)F. The summed E-state index contributed by atoms with van der Waals surface area (Å²) in [7, 11) is 0. The number of hydrogen-bond acceptors (Lipinski definition) is 2. The van der Waals surface area contributed by atoms with Gasteiger partial charge in [0.05, 0.1) is 0 Å². The first-order valence-corrected chi connectivity index (χ1v) is 7.08. The molecular formula is C17H14F3N3. The molecule has 3 aromatic rings. The molecule has 0 amide bonds. The van der Waals surface area contributed by atoms with E-state index < -0.39 is 13.0 Å². The molecule has 1 aromatic carbocycles. The Labute approximate surface area is 131 Å². The second kappa shape index (κ2) is 6.24. The number of rotatable bonds is 4. The zero-order valence-corrected chi connectivity index (χ0v) is 12.4. The summed E-state index contributed by atoms with van der Waals surface area (Å²) in [5.74, 6) is -0.358. The number of aromatic nitrogens is 3. The predicted molar refractivity (Wildman–Crippen MR) is 81.6 cm³/mol. The molecule has 23 heavy (non-hydrogen) atoms. The third kappa shape index (κ3) is 3.11. The van der Waals surface area contributed by atoms with E-state index in [9.17, 15) is 13.2 Å². The minimum Gasteiger partial charge on any atom is -0.265 e. The quantitative estimate of drug-likeness (QED) is 0.717. The molecule has 118 valence electrons. The van der Waals surface area contributed by atoms with Crippen molar-refractivity contribution in [2.75, 3.05) is 0 Å². The van der Waals surface area contributed by atoms with Crippen molar-refractivity contribution in [3.05, 3.63) is 60.3 Å². The number of hydrogen-bond donors (Lipinski definition) is 0. The van der Waals surface area contributed by atoms with Gasteiger partial charge in [-0.3, -0.25) is 9.67 Å². The van der Waals surface area contributed by atoms with Crippen LogP contribution in [0.3, 0.4) is 0 Å². The molecular weight excluding hydrogens is 303 g/mol. The van der Waals surface area contributed by atoms with Gasteiger partial charge in [-0.1, -0.05) is 0 Å². The molecule has 0 aliphatic carbocycles. The molecule has 0 N–H and O–H groups in total. The molecule has 0 radical (unpaired) electrons. The van der Waals surface area contributed by atoms with Crippen LogP contribution < -0.4 is 0 Å². The van der Waals surface area contributed by atoms with Crippen molar-refractivity contribution in [3.63, 3.8) is 0 Å². The maximum absolute atomic E-state index is 13.1. The third-order valence-electron chi connectivity index (χ3n) is 3.60. The van der Waals surface area contributed by atoms with Gasteiger partial charge in [-0.15, -0.1) is 0 Å². The maximum atomic E-state index is 13.1. The molecule has 0 bridgehead atoms. The Balaban J connectivity index is 2.19. The van der Waals surface area contributed by atoms with Crippen molar-refractivity contribution < 1.29 is 13.2 Å². The third-order valence-corrected chi connectivity index (χ3v) is 3.60. The summed E-state index contributed by atoms with van der Waals surface area (Å²) in [5.41, 5.74) is 3.44. The van der Waals surface area contributed by atoms with Crippen LogP contribution in [0.15, 0.2) is 48.8 Å². The normalized spacial score (nSPS) is 11.2. The summed E-state index contributed by atoms with van der Waals surface area (Å²) < 4.78 is 40.0. The van der Waals surface area contributed by atoms with Crippen LogP contribution in [-0.4, -0.2) is 21.2 Å². The van der Waals surface area contributed by atoms with Gasteiger partial charge in [0.2, 0.25) is 0 Å². The van der Waals surface area contributed by atoms with Crippen molar-refractivity contribution in [2.24, 2.45) is 0 Å². The number of halogens is 3. The fraction of sp³-hybridized carbons (Fsp3) is 0.176. The van der Waals surface area contributed by atoms with Crippen molar-refractivity contribution in [1.82, 2.24) is 14.8 Å². The molecule has 0 aliphatic heterocycles. The van der Waals surface area contributed by atoms with E-state index in [-0.39, 0.29) is 5.82 Å². The largest absolute Gasteiger partial charge is 0.265 e. The summed E-state index contributed by atoms with van der Waals surface area (Å²) in [6.07, 6.45) is 0.765. The molecule has 0 saturated heterocycles. The molecule has 6 heteroatoms. The minimum absolute atomic E-state index is 0.358. The van der Waals surface area contributed by atoms with Gasteiger partial charge in [-0.25, -0.2) is 13.2 Å². The highest BCUT2D eigenvalue weighted by Crippen LogP contribution is 2.34. The summed E-state index contributed by atoms with van der Waals surface area (Å²) in [6.45, 7) is 1.27. The lowest BCUT2D eigenvalue weighted by molar-refractivity contribution is 0.121. The van der Waals surface area contributed by atoms with E-state index in [1.807, 2.05) is 0 Å². The number of pyridine rings is 1. The number of benzene rings is 1. The Hall–Kier alpha value is -2.63. The zero-order valence-electron chi connectivity index (χ0n) is 12.4. The van der Waals surface area contributed by atoms with Gasteiger partial charge in [-0.05, 0) is 48.9 Å². The van der Waals surface area contributed by atoms with Gasteiger partial charge in [0.15, 0.2) is 0 Å². The fourth-order valence-electron chi connectivity index (χ4n) is 2.53. The molecule has 2 heterocycles. The highest BCUT2D eigenvalue weighted by Gasteiger charge is 2.19. The molecule has 0 saturated carbocycles. The van der Waals surface area contributed by atoms with Crippen LogP contribution in [0.2, 0.25) is 0 Å². The molecule has 0 unspecified atom stereocenters. The molecule has 0 spiro atoms. The van der Waals surface area contributed by atoms with E-state index in [4.69, 9.17) is 0 Å². The Bertz CT molecular complexity index is 796. The minimum atomic E-state index is -2.50. The lowest BCUT2D eigenvalue weighted by atomic mass is 10.0. The topological polar surface area (TPSA) is 30.7 Å². The van der Waals surface area contributed by atoms with E-state index in [1.165, 1.54) is 16.8 Å². The molecule has 3 nitrogen and oxygen atoms in total. The van der Waals surface area contributed by atoms with Gasteiger partial charge in [-0.2, -0.15) is 5.10 Å². The fourth-order valence-corrected chi connectivity index (χ4v) is 2.53. The van der Waals surface area contributed by atoms with Crippen LogP contribution in [0.5, 0.6) is 0 Å². The molecule has 0 fully saturated rings. The smallest absolute Gasteiger partial charge is 0.257 e. The van der Waals surface area contributed by atoms with Gasteiger partial charge in [0, 0.05) is 29.2 Å². The predicted octanol–water partition coefficient (Wildman–Crippen LogP) is 4.32. The van der Waals surface area contributed by atoms with Gasteiger partial charge < -0.3 is 0 Å². The monoisotopic (exact) mass is 317 g/mol. The summed E-state index contributed by atoms with van der Waals surface area (Å²) in [4.78, 5) is 3.97. The molecule has 3 rings (SSSR count). The average molecular weight is 317 g/mol. The van der Waals surface area contributed by atoms with E-state index in [2.05, 4.69) is 10.1 Å². The van der Waals surface area contributed by atoms with Crippen molar-refractivity contribution in [2.45, 2.75) is 19.9 Å². The van der Waals surface area contributed by atoms with Crippen LogP contribution in [0.1, 0.15) is 5.69 Å². The second-order valence-electron chi connectivity index (χ2n) is 5.12. The number of alkyl halides is 2. The van der Waals surface area contributed by atoms with E-state index >= 15 is 0 Å². The van der Waals surface area contributed by atoms with E-state index in [0.717, 1.165) is 11.1 Å². The first kappa shape index (κ1) is 15.3. The van der Waals surface area contributed by atoms with Crippen molar-refractivity contribution >= 4 is 0 Å².